The van der Waals surface area contributed by atoms with Gasteiger partial charge in [0.2, 0.25) is 0 Å². The number of rotatable bonds is 11. The van der Waals surface area contributed by atoms with Crippen molar-refractivity contribution < 1.29 is 33.6 Å². The van der Waals surface area contributed by atoms with Crippen molar-refractivity contribution in [2.75, 3.05) is 20.3 Å². The highest BCUT2D eigenvalue weighted by Crippen LogP contribution is 2.31. The number of carbonyl (C=O) groups is 1. The van der Waals surface area contributed by atoms with Crippen LogP contribution in [0, 0.1) is 20.2 Å². The molecule has 0 fully saturated rings. The molecular formula is C25H22N2O9. The molecule has 3 rings (SSSR count). The second-order valence-corrected chi connectivity index (χ2v) is 7.14. The zero-order valence-corrected chi connectivity index (χ0v) is 19.4. The molecule has 3 aromatic carbocycles. The number of benzene rings is 3. The second kappa shape index (κ2) is 12.0. The summed E-state index contributed by atoms with van der Waals surface area (Å²) in [7, 11) is 1.40. The van der Waals surface area contributed by atoms with Gasteiger partial charge < -0.3 is 18.9 Å². The predicted octanol–water partition coefficient (Wildman–Crippen LogP) is 5.07. The van der Waals surface area contributed by atoms with Crippen LogP contribution >= 0.6 is 0 Å². The molecule has 36 heavy (non-hydrogen) atoms. The topological polar surface area (TPSA) is 140 Å². The van der Waals surface area contributed by atoms with Crippen LogP contribution in [-0.2, 0) is 4.79 Å². The van der Waals surface area contributed by atoms with Gasteiger partial charge in [0.1, 0.15) is 0 Å². The monoisotopic (exact) mass is 494 g/mol. The van der Waals surface area contributed by atoms with Gasteiger partial charge in [0.15, 0.2) is 29.6 Å². The molecule has 0 radical (unpaired) electrons. The average molecular weight is 494 g/mol. The largest absolute Gasteiger partial charge is 0.493 e. The summed E-state index contributed by atoms with van der Waals surface area (Å²) in [5.74, 6) is 0.657. The number of para-hydroxylation sites is 2. The fourth-order valence-corrected chi connectivity index (χ4v) is 3.14. The molecule has 0 saturated heterocycles. The van der Waals surface area contributed by atoms with E-state index in [0.717, 1.165) is 6.07 Å². The molecule has 186 valence electrons. The van der Waals surface area contributed by atoms with E-state index < -0.39 is 21.5 Å². The van der Waals surface area contributed by atoms with Gasteiger partial charge in [-0.25, -0.2) is 4.79 Å². The number of nitro benzene ring substituents is 2. The van der Waals surface area contributed by atoms with E-state index in [1.807, 2.05) is 6.92 Å². The molecule has 0 atom stereocenters. The summed E-state index contributed by atoms with van der Waals surface area (Å²) in [5, 5.41) is 22.2. The van der Waals surface area contributed by atoms with Crippen LogP contribution in [0.4, 0.5) is 11.4 Å². The molecule has 0 saturated carbocycles. The Kier molecular flexibility index (Phi) is 8.54. The van der Waals surface area contributed by atoms with E-state index in [2.05, 4.69) is 0 Å². The highest BCUT2D eigenvalue weighted by Gasteiger charge is 2.18. The van der Waals surface area contributed by atoms with Crippen LogP contribution in [0.15, 0.2) is 60.7 Å². The Morgan fingerprint density at radius 3 is 2.22 bits per heavy atom. The minimum Gasteiger partial charge on any atom is -0.493 e. The van der Waals surface area contributed by atoms with Crippen molar-refractivity contribution in [3.63, 3.8) is 0 Å². The average Bonchev–Trinajstić information content (AvgIpc) is 2.87. The minimum atomic E-state index is -0.700. The third-order valence-electron chi connectivity index (χ3n) is 4.78. The van der Waals surface area contributed by atoms with Crippen molar-refractivity contribution in [1.82, 2.24) is 0 Å². The van der Waals surface area contributed by atoms with Crippen LogP contribution in [0.3, 0.4) is 0 Å². The number of methoxy groups -OCH3 is 1. The van der Waals surface area contributed by atoms with Crippen molar-refractivity contribution in [2.24, 2.45) is 0 Å². The van der Waals surface area contributed by atoms with Crippen molar-refractivity contribution >= 4 is 29.5 Å². The minimum absolute atomic E-state index is 0.155. The van der Waals surface area contributed by atoms with Gasteiger partial charge in [-0.1, -0.05) is 24.3 Å². The summed E-state index contributed by atoms with van der Waals surface area (Å²) < 4.78 is 21.6. The maximum absolute atomic E-state index is 12.3. The summed E-state index contributed by atoms with van der Waals surface area (Å²) in [4.78, 5) is 33.2. The van der Waals surface area contributed by atoms with E-state index in [1.165, 1.54) is 31.4 Å². The third-order valence-corrected chi connectivity index (χ3v) is 4.78. The molecule has 0 aliphatic carbocycles. The molecule has 11 nitrogen and oxygen atoms in total. The molecule has 0 bridgehead atoms. The summed E-state index contributed by atoms with van der Waals surface area (Å²) in [6.07, 6.45) is 3.02. The van der Waals surface area contributed by atoms with Gasteiger partial charge in [0, 0.05) is 6.07 Å². The van der Waals surface area contributed by atoms with Gasteiger partial charge >= 0.3 is 5.97 Å². The van der Waals surface area contributed by atoms with Crippen LogP contribution in [0.25, 0.3) is 12.2 Å². The van der Waals surface area contributed by atoms with E-state index >= 15 is 0 Å². The Morgan fingerprint density at radius 1 is 0.861 bits per heavy atom. The predicted molar refractivity (Wildman–Crippen MR) is 130 cm³/mol. The Bertz CT molecular complexity index is 1300. The first-order valence-corrected chi connectivity index (χ1v) is 10.7. The molecule has 0 N–H and O–H groups in total. The number of esters is 1. The van der Waals surface area contributed by atoms with Crippen molar-refractivity contribution in [1.29, 1.82) is 0 Å². The highest BCUT2D eigenvalue weighted by molar-refractivity contribution is 5.77. The van der Waals surface area contributed by atoms with Crippen LogP contribution in [-0.4, -0.2) is 36.1 Å². The normalized spacial score (nSPS) is 10.6. The van der Waals surface area contributed by atoms with Crippen molar-refractivity contribution in [3.8, 4) is 23.0 Å². The zero-order valence-electron chi connectivity index (χ0n) is 19.4. The number of non-ortho nitro benzene ring substituents is 1. The molecule has 0 spiro atoms. The summed E-state index contributed by atoms with van der Waals surface area (Å²) in [6, 6.07) is 15.0. The molecule has 0 heterocycles. The summed E-state index contributed by atoms with van der Waals surface area (Å²) in [5.41, 5.74) is -0.00772. The molecule has 0 amide bonds. The maximum atomic E-state index is 12.3. The highest BCUT2D eigenvalue weighted by atomic mass is 16.6. The lowest BCUT2D eigenvalue weighted by Crippen LogP contribution is -2.18. The molecule has 0 aliphatic heterocycles. The Hall–Kier alpha value is -4.93. The fourth-order valence-electron chi connectivity index (χ4n) is 3.14. The quantitative estimate of drug-likeness (QED) is 0.117. The second-order valence-electron chi connectivity index (χ2n) is 7.14. The number of ether oxygens (including phenoxy) is 4. The van der Waals surface area contributed by atoms with Gasteiger partial charge in [-0.2, -0.15) is 0 Å². The Morgan fingerprint density at radius 2 is 1.58 bits per heavy atom. The summed E-state index contributed by atoms with van der Waals surface area (Å²) >= 11 is 0. The lowest BCUT2D eigenvalue weighted by molar-refractivity contribution is -0.394. The number of carbonyl (C=O) groups excluding carboxylic acids is 1. The Labute approximate surface area is 205 Å². The number of nitrogens with zero attached hydrogens (tertiary/aromatic N) is 2. The first-order chi connectivity index (χ1) is 17.3. The molecule has 3 aromatic rings. The van der Waals surface area contributed by atoms with Crippen LogP contribution in [0.1, 0.15) is 18.1 Å². The first kappa shape index (κ1) is 25.7. The maximum Gasteiger partial charge on any atom is 0.349 e. The van der Waals surface area contributed by atoms with Crippen LogP contribution in [0.5, 0.6) is 23.0 Å². The Balaban J connectivity index is 1.71. The van der Waals surface area contributed by atoms with E-state index in [9.17, 15) is 25.0 Å². The smallest absolute Gasteiger partial charge is 0.349 e. The molecule has 0 unspecified atom stereocenters. The molecular weight excluding hydrogens is 472 g/mol. The lowest BCUT2D eigenvalue weighted by Gasteiger charge is -2.12. The number of nitro groups is 2. The molecule has 0 aromatic heterocycles. The molecule has 11 heteroatoms. The van der Waals surface area contributed by atoms with Crippen LogP contribution < -0.4 is 18.9 Å². The third kappa shape index (κ3) is 6.56. The van der Waals surface area contributed by atoms with Gasteiger partial charge in [0.25, 0.3) is 11.4 Å². The van der Waals surface area contributed by atoms with E-state index in [-0.39, 0.29) is 29.4 Å². The van der Waals surface area contributed by atoms with Gasteiger partial charge in [-0.05, 0) is 48.9 Å². The van der Waals surface area contributed by atoms with Crippen LogP contribution in [0.2, 0.25) is 0 Å². The zero-order chi connectivity index (χ0) is 26.1. The first-order valence-electron chi connectivity index (χ1n) is 10.7. The van der Waals surface area contributed by atoms with E-state index in [4.69, 9.17) is 18.9 Å². The van der Waals surface area contributed by atoms with Crippen molar-refractivity contribution in [3.05, 3.63) is 92.0 Å². The molecule has 0 aliphatic rings. The lowest BCUT2D eigenvalue weighted by atomic mass is 10.1. The van der Waals surface area contributed by atoms with E-state index in [0.29, 0.717) is 23.7 Å². The van der Waals surface area contributed by atoms with Crippen molar-refractivity contribution in [2.45, 2.75) is 6.92 Å². The SMILES string of the molecule is CCOc1ccccc1OCC(=O)Oc1ccc(/C=C/c2ccc([N+](=O)[O-])cc2[N+](=O)[O-])cc1OC. The summed E-state index contributed by atoms with van der Waals surface area (Å²) in [6.45, 7) is 1.92. The fraction of sp³-hybridized carbons (Fsp3) is 0.160. The number of hydrogen-bond acceptors (Lipinski definition) is 9. The van der Waals surface area contributed by atoms with E-state index in [1.54, 1.807) is 42.5 Å². The number of hydrogen-bond donors (Lipinski definition) is 0. The van der Waals surface area contributed by atoms with Gasteiger partial charge in [-0.15, -0.1) is 0 Å². The van der Waals surface area contributed by atoms with Gasteiger partial charge in [0.05, 0.1) is 35.2 Å². The van der Waals surface area contributed by atoms with Gasteiger partial charge in [-0.3, -0.25) is 20.2 Å². The standard InChI is InChI=1S/C25H22N2O9/c1-3-34-21-6-4-5-7-22(21)35-16-25(28)36-23-13-9-17(14-24(23)33-2)8-10-18-11-12-19(26(29)30)15-20(18)27(31)32/h4-15H,3,16H2,1-2H3/b10-8+.